The van der Waals surface area contributed by atoms with Crippen LogP contribution in [0.4, 0.5) is 5.69 Å². The standard InChI is InChI=1S/C20H18N2O4S/c1-13-21-16(12-27-13)11-26-17-5-2-14(3-6-17)20(23)22-15-4-7-18-19(10-15)25-9-8-24-18/h2-7,10,12H,8-9,11H2,1H3,(H,22,23). The molecule has 1 N–H and O–H groups in total. The van der Waals surface area contributed by atoms with E-state index in [9.17, 15) is 4.79 Å². The molecule has 138 valence electrons. The Labute approximate surface area is 160 Å². The predicted octanol–water partition coefficient (Wildman–Crippen LogP) is 4.05. The lowest BCUT2D eigenvalue weighted by Gasteiger charge is -2.19. The number of thiazole rings is 1. The van der Waals surface area contributed by atoms with Gasteiger partial charge in [-0.05, 0) is 43.3 Å². The third-order valence-corrected chi connectivity index (χ3v) is 4.79. The van der Waals surface area contributed by atoms with Gasteiger partial charge in [0, 0.05) is 22.7 Å². The number of ether oxygens (including phenoxy) is 3. The summed E-state index contributed by atoms with van der Waals surface area (Å²) in [4.78, 5) is 16.8. The van der Waals surface area contributed by atoms with Crippen LogP contribution in [0.5, 0.6) is 17.2 Å². The molecule has 2 aromatic carbocycles. The molecule has 0 radical (unpaired) electrons. The molecule has 4 rings (SSSR count). The molecule has 2 heterocycles. The molecule has 1 aliphatic rings. The number of carbonyl (C=O) groups excluding carboxylic acids is 1. The maximum atomic E-state index is 12.4. The van der Waals surface area contributed by atoms with Crippen molar-refractivity contribution in [2.24, 2.45) is 0 Å². The molecule has 0 spiro atoms. The number of carbonyl (C=O) groups is 1. The van der Waals surface area contributed by atoms with Gasteiger partial charge in [-0.25, -0.2) is 4.98 Å². The average molecular weight is 382 g/mol. The van der Waals surface area contributed by atoms with Crippen molar-refractivity contribution in [3.63, 3.8) is 0 Å². The van der Waals surface area contributed by atoms with Crippen LogP contribution in [0.15, 0.2) is 47.8 Å². The fraction of sp³-hybridized carbons (Fsp3) is 0.200. The minimum absolute atomic E-state index is 0.201. The quantitative estimate of drug-likeness (QED) is 0.721. The second kappa shape index (κ2) is 7.67. The van der Waals surface area contributed by atoms with Gasteiger partial charge in [-0.2, -0.15) is 0 Å². The van der Waals surface area contributed by atoms with E-state index in [1.807, 2.05) is 12.3 Å². The first-order valence-corrected chi connectivity index (χ1v) is 9.40. The number of aryl methyl sites for hydroxylation is 1. The van der Waals surface area contributed by atoms with Gasteiger partial charge >= 0.3 is 0 Å². The second-order valence-corrected chi connectivity index (χ2v) is 7.05. The number of aromatic nitrogens is 1. The molecule has 3 aromatic rings. The number of hydrogen-bond acceptors (Lipinski definition) is 6. The smallest absolute Gasteiger partial charge is 0.255 e. The van der Waals surface area contributed by atoms with Gasteiger partial charge in [0.25, 0.3) is 5.91 Å². The first-order chi connectivity index (χ1) is 13.2. The lowest BCUT2D eigenvalue weighted by atomic mass is 10.2. The molecular formula is C20H18N2O4S. The van der Waals surface area contributed by atoms with Gasteiger partial charge in [-0.3, -0.25) is 4.79 Å². The summed E-state index contributed by atoms with van der Waals surface area (Å²) in [5, 5.41) is 5.85. The van der Waals surface area contributed by atoms with Crippen molar-refractivity contribution in [1.29, 1.82) is 0 Å². The molecule has 27 heavy (non-hydrogen) atoms. The van der Waals surface area contributed by atoms with E-state index in [0.717, 1.165) is 10.7 Å². The zero-order chi connectivity index (χ0) is 18.6. The van der Waals surface area contributed by atoms with Crippen LogP contribution in [0.3, 0.4) is 0 Å². The average Bonchev–Trinajstić information content (AvgIpc) is 3.12. The number of hydrogen-bond donors (Lipinski definition) is 1. The predicted molar refractivity (Wildman–Crippen MR) is 103 cm³/mol. The Kier molecular flexibility index (Phi) is 4.93. The van der Waals surface area contributed by atoms with E-state index in [4.69, 9.17) is 14.2 Å². The van der Waals surface area contributed by atoms with Crippen LogP contribution in [-0.2, 0) is 6.61 Å². The highest BCUT2D eigenvalue weighted by molar-refractivity contribution is 7.09. The maximum Gasteiger partial charge on any atom is 0.255 e. The van der Waals surface area contributed by atoms with E-state index >= 15 is 0 Å². The zero-order valence-corrected chi connectivity index (χ0v) is 15.5. The normalized spacial score (nSPS) is 12.5. The topological polar surface area (TPSA) is 69.7 Å². The molecule has 0 fully saturated rings. The third-order valence-electron chi connectivity index (χ3n) is 3.97. The van der Waals surface area contributed by atoms with E-state index in [1.54, 1.807) is 53.8 Å². The number of nitrogens with one attached hydrogen (secondary N) is 1. The van der Waals surface area contributed by atoms with Crippen molar-refractivity contribution in [2.75, 3.05) is 18.5 Å². The first-order valence-electron chi connectivity index (χ1n) is 8.52. The number of anilines is 1. The third kappa shape index (κ3) is 4.20. The fourth-order valence-electron chi connectivity index (χ4n) is 2.66. The Morgan fingerprint density at radius 3 is 2.67 bits per heavy atom. The lowest BCUT2D eigenvalue weighted by Crippen LogP contribution is -2.16. The van der Waals surface area contributed by atoms with Crippen molar-refractivity contribution in [2.45, 2.75) is 13.5 Å². The van der Waals surface area contributed by atoms with Gasteiger partial charge in [0.15, 0.2) is 11.5 Å². The van der Waals surface area contributed by atoms with Crippen LogP contribution in [0.1, 0.15) is 21.1 Å². The summed E-state index contributed by atoms with van der Waals surface area (Å²) in [6.07, 6.45) is 0. The molecule has 0 saturated carbocycles. The summed E-state index contributed by atoms with van der Waals surface area (Å²) in [6, 6.07) is 12.4. The molecule has 1 amide bonds. The van der Waals surface area contributed by atoms with Gasteiger partial charge in [0.2, 0.25) is 0 Å². The molecule has 0 bridgehead atoms. The first kappa shape index (κ1) is 17.4. The van der Waals surface area contributed by atoms with Gasteiger partial charge in [-0.15, -0.1) is 11.3 Å². The highest BCUT2D eigenvalue weighted by Crippen LogP contribution is 2.32. The van der Waals surface area contributed by atoms with Crippen molar-refractivity contribution >= 4 is 22.9 Å². The van der Waals surface area contributed by atoms with Crippen LogP contribution >= 0.6 is 11.3 Å². The second-order valence-electron chi connectivity index (χ2n) is 5.98. The Morgan fingerprint density at radius 1 is 1.15 bits per heavy atom. The van der Waals surface area contributed by atoms with E-state index in [1.165, 1.54) is 0 Å². The van der Waals surface area contributed by atoms with Crippen LogP contribution in [0, 0.1) is 6.92 Å². The highest BCUT2D eigenvalue weighted by Gasteiger charge is 2.13. The number of benzene rings is 2. The van der Waals surface area contributed by atoms with Gasteiger partial charge in [0.1, 0.15) is 25.6 Å². The van der Waals surface area contributed by atoms with Crippen molar-refractivity contribution in [1.82, 2.24) is 4.98 Å². The van der Waals surface area contributed by atoms with Crippen LogP contribution in [0.25, 0.3) is 0 Å². The van der Waals surface area contributed by atoms with Gasteiger partial charge < -0.3 is 19.5 Å². The molecule has 0 aliphatic carbocycles. The van der Waals surface area contributed by atoms with Crippen LogP contribution < -0.4 is 19.5 Å². The van der Waals surface area contributed by atoms with Crippen molar-refractivity contribution < 1.29 is 19.0 Å². The van der Waals surface area contributed by atoms with Crippen molar-refractivity contribution in [3.8, 4) is 17.2 Å². The molecule has 6 nitrogen and oxygen atoms in total. The minimum atomic E-state index is -0.201. The number of rotatable bonds is 5. The molecular weight excluding hydrogens is 364 g/mol. The molecule has 0 saturated heterocycles. The van der Waals surface area contributed by atoms with E-state index in [2.05, 4.69) is 10.3 Å². The molecule has 7 heteroatoms. The molecule has 1 aliphatic heterocycles. The van der Waals surface area contributed by atoms with Crippen molar-refractivity contribution in [3.05, 3.63) is 64.1 Å². The van der Waals surface area contributed by atoms with Gasteiger partial charge in [0.05, 0.1) is 10.7 Å². The fourth-order valence-corrected chi connectivity index (χ4v) is 3.26. The van der Waals surface area contributed by atoms with E-state index < -0.39 is 0 Å². The minimum Gasteiger partial charge on any atom is -0.487 e. The van der Waals surface area contributed by atoms with E-state index in [-0.39, 0.29) is 5.91 Å². The summed E-state index contributed by atoms with van der Waals surface area (Å²) in [5.74, 6) is 1.82. The Balaban J connectivity index is 1.37. The molecule has 0 unspecified atom stereocenters. The lowest BCUT2D eigenvalue weighted by molar-refractivity contribution is 0.102. The maximum absolute atomic E-state index is 12.4. The molecule has 0 atom stereocenters. The summed E-state index contributed by atoms with van der Waals surface area (Å²) in [6.45, 7) is 3.41. The Bertz CT molecular complexity index is 953. The zero-order valence-electron chi connectivity index (χ0n) is 14.7. The number of nitrogens with zero attached hydrogens (tertiary/aromatic N) is 1. The highest BCUT2D eigenvalue weighted by atomic mass is 32.1. The Hall–Kier alpha value is -3.06. The summed E-state index contributed by atoms with van der Waals surface area (Å²) < 4.78 is 16.7. The van der Waals surface area contributed by atoms with Crippen LogP contribution in [-0.4, -0.2) is 24.1 Å². The largest absolute Gasteiger partial charge is 0.487 e. The van der Waals surface area contributed by atoms with Crippen LogP contribution in [0.2, 0.25) is 0 Å². The number of fused-ring (bicyclic) bond motifs is 1. The Morgan fingerprint density at radius 2 is 1.93 bits per heavy atom. The summed E-state index contributed by atoms with van der Waals surface area (Å²) in [5.41, 5.74) is 2.10. The van der Waals surface area contributed by atoms with Gasteiger partial charge in [-0.1, -0.05) is 0 Å². The number of amides is 1. The summed E-state index contributed by atoms with van der Waals surface area (Å²) >= 11 is 1.59. The summed E-state index contributed by atoms with van der Waals surface area (Å²) in [7, 11) is 0. The monoisotopic (exact) mass is 382 g/mol. The van der Waals surface area contributed by atoms with E-state index in [0.29, 0.717) is 48.3 Å². The SMILES string of the molecule is Cc1nc(COc2ccc(C(=O)Nc3ccc4c(c3)OCCO4)cc2)cs1. The molecule has 1 aromatic heterocycles.